The summed E-state index contributed by atoms with van der Waals surface area (Å²) in [6, 6.07) is 5.47. The Morgan fingerprint density at radius 3 is 2.78 bits per heavy atom. The molecule has 4 aliphatic heterocycles. The van der Waals surface area contributed by atoms with Crippen LogP contribution in [0.25, 0.3) is 32.9 Å². The van der Waals surface area contributed by atoms with E-state index in [4.69, 9.17) is 20.9 Å². The number of nitrogens with zero attached hydrogens (tertiary/aromatic N) is 5. The highest BCUT2D eigenvalue weighted by Gasteiger charge is 2.54. The molecule has 0 bridgehead atoms. The van der Waals surface area contributed by atoms with Gasteiger partial charge in [0.25, 0.3) is 0 Å². The molecule has 8 nitrogen and oxygen atoms in total. The molecule has 11 heteroatoms. The minimum Gasteiger partial charge on any atom is -0.508 e. The van der Waals surface area contributed by atoms with Crippen LogP contribution in [0.4, 0.5) is 19.0 Å². The summed E-state index contributed by atoms with van der Waals surface area (Å²) in [6.07, 6.45) is 11.9. The number of terminal acetylenes is 1. The maximum Gasteiger partial charge on any atom is 0.319 e. The Morgan fingerprint density at radius 2 is 1.96 bits per heavy atom. The molecule has 46 heavy (non-hydrogen) atoms. The number of phenolic OH excluding ortho intramolecular Hbond substituents is 1. The van der Waals surface area contributed by atoms with Crippen molar-refractivity contribution in [3.63, 3.8) is 0 Å². The van der Waals surface area contributed by atoms with Crippen LogP contribution in [0.2, 0.25) is 0 Å². The average Bonchev–Trinajstić information content (AvgIpc) is 3.63. The fraction of sp³-hybridized carbons (Fsp3) is 0.457. The zero-order chi connectivity index (χ0) is 31.4. The minimum absolute atomic E-state index is 0.00213. The highest BCUT2D eigenvalue weighted by Crippen LogP contribution is 2.55. The van der Waals surface area contributed by atoms with Crippen LogP contribution in [0.1, 0.15) is 56.9 Å². The SMILES string of the molecule is C#Cc1c(F)ccc2cc(O)cc(-c3nc4c5c(nc(OC[C@@]67CCCN6C[C@H](F)C7)nc5c3F)N3[C@@H](CCCC35CC5)CO4)c12. The summed E-state index contributed by atoms with van der Waals surface area (Å²) in [5.41, 5.74) is -0.708. The maximum atomic E-state index is 17.1. The zero-order valence-corrected chi connectivity index (χ0v) is 25.2. The number of phenols is 1. The van der Waals surface area contributed by atoms with Crippen molar-refractivity contribution in [2.24, 2.45) is 0 Å². The van der Waals surface area contributed by atoms with E-state index in [0.717, 1.165) is 51.5 Å². The Hall–Kier alpha value is -4.30. The number of ether oxygens (including phenoxy) is 2. The van der Waals surface area contributed by atoms with E-state index in [9.17, 15) is 13.9 Å². The molecule has 9 rings (SSSR count). The van der Waals surface area contributed by atoms with Gasteiger partial charge in [0.1, 0.15) is 53.4 Å². The van der Waals surface area contributed by atoms with Crippen LogP contribution >= 0.6 is 0 Å². The second-order valence-electron chi connectivity index (χ2n) is 13.6. The molecular formula is C35H32F3N5O3. The molecular weight excluding hydrogens is 595 g/mol. The Morgan fingerprint density at radius 1 is 1.09 bits per heavy atom. The average molecular weight is 628 g/mol. The lowest BCUT2D eigenvalue weighted by Crippen LogP contribution is -2.51. The van der Waals surface area contributed by atoms with Gasteiger partial charge in [-0.25, -0.2) is 18.2 Å². The quantitative estimate of drug-likeness (QED) is 0.274. The van der Waals surface area contributed by atoms with Crippen LogP contribution in [0.15, 0.2) is 24.3 Å². The lowest BCUT2D eigenvalue weighted by molar-refractivity contribution is 0.107. The summed E-state index contributed by atoms with van der Waals surface area (Å²) in [6.45, 7) is 1.71. The van der Waals surface area contributed by atoms with Crippen LogP contribution in [0, 0.1) is 24.0 Å². The molecule has 5 aliphatic rings. The monoisotopic (exact) mass is 627 g/mol. The number of anilines is 1. The highest BCUT2D eigenvalue weighted by molar-refractivity contribution is 6.04. The van der Waals surface area contributed by atoms with Crippen molar-refractivity contribution in [2.45, 2.75) is 74.7 Å². The van der Waals surface area contributed by atoms with Crippen LogP contribution < -0.4 is 14.4 Å². The molecule has 0 radical (unpaired) electrons. The van der Waals surface area contributed by atoms with Gasteiger partial charge < -0.3 is 19.5 Å². The number of pyridine rings is 1. The standard InChI is InChI=1S/C35H32F3N5O3/c1-2-23-25(37)7-6-19-13-22(44)14-24(26(19)23)29-28(38)30-27-31(43-21(17-45-32(27)39-29)5-3-8-34(43)10-11-34)41-33(40-30)46-18-35-9-4-12-42(35)16-20(36)15-35/h1,6-7,13-14,20-21,44H,3-5,8-12,15-18H2/t20-,21+,35+/m1/s1. The van der Waals surface area contributed by atoms with Gasteiger partial charge in [0, 0.05) is 29.5 Å². The van der Waals surface area contributed by atoms with Gasteiger partial charge in [0.2, 0.25) is 5.88 Å². The first-order valence-corrected chi connectivity index (χ1v) is 16.1. The smallest absolute Gasteiger partial charge is 0.319 e. The molecule has 1 N–H and O–H groups in total. The second kappa shape index (κ2) is 9.85. The summed E-state index contributed by atoms with van der Waals surface area (Å²) in [4.78, 5) is 18.7. The molecule has 236 valence electrons. The molecule has 3 saturated heterocycles. The summed E-state index contributed by atoms with van der Waals surface area (Å²) in [5, 5.41) is 11.7. The van der Waals surface area contributed by atoms with Gasteiger partial charge in [0.15, 0.2) is 5.82 Å². The molecule has 6 heterocycles. The van der Waals surface area contributed by atoms with Gasteiger partial charge in [-0.15, -0.1) is 6.42 Å². The van der Waals surface area contributed by atoms with Gasteiger partial charge in [-0.2, -0.15) is 9.97 Å². The fourth-order valence-electron chi connectivity index (χ4n) is 8.69. The van der Waals surface area contributed by atoms with E-state index < -0.39 is 23.3 Å². The minimum atomic E-state index is -0.921. The molecule has 0 unspecified atom stereocenters. The zero-order valence-electron chi connectivity index (χ0n) is 25.2. The highest BCUT2D eigenvalue weighted by atomic mass is 19.1. The van der Waals surface area contributed by atoms with Crippen molar-refractivity contribution in [1.82, 2.24) is 19.9 Å². The number of aromatic hydroxyl groups is 1. The molecule has 1 aliphatic carbocycles. The number of halogens is 3. The molecule has 2 aromatic carbocycles. The van der Waals surface area contributed by atoms with Crippen molar-refractivity contribution in [3.05, 3.63) is 41.5 Å². The Labute approximate surface area is 263 Å². The Bertz CT molecular complexity index is 1990. The van der Waals surface area contributed by atoms with Gasteiger partial charge in [-0.05, 0) is 75.1 Å². The van der Waals surface area contributed by atoms with Crippen LogP contribution in [0.5, 0.6) is 17.6 Å². The molecule has 4 fully saturated rings. The number of piperidine rings is 1. The van der Waals surface area contributed by atoms with Crippen LogP contribution in [0.3, 0.4) is 0 Å². The number of hydrogen-bond acceptors (Lipinski definition) is 8. The predicted molar refractivity (Wildman–Crippen MR) is 166 cm³/mol. The molecule has 2 aromatic heterocycles. The van der Waals surface area contributed by atoms with Crippen molar-refractivity contribution >= 4 is 27.5 Å². The number of rotatable bonds is 4. The van der Waals surface area contributed by atoms with E-state index in [2.05, 4.69) is 25.7 Å². The summed E-state index contributed by atoms with van der Waals surface area (Å²) >= 11 is 0. The molecule has 1 saturated carbocycles. The third-order valence-electron chi connectivity index (χ3n) is 10.9. The Kier molecular flexibility index (Phi) is 5.99. The predicted octanol–water partition coefficient (Wildman–Crippen LogP) is 6.05. The lowest BCUT2D eigenvalue weighted by atomic mass is 9.93. The van der Waals surface area contributed by atoms with Crippen LogP contribution in [-0.2, 0) is 0 Å². The molecule has 1 spiro atoms. The second-order valence-corrected chi connectivity index (χ2v) is 13.6. The third kappa shape index (κ3) is 4.01. The van der Waals surface area contributed by atoms with Crippen molar-refractivity contribution < 1.29 is 27.8 Å². The number of alkyl halides is 1. The van der Waals surface area contributed by atoms with Gasteiger partial charge in [-0.1, -0.05) is 12.0 Å². The topological polar surface area (TPSA) is 83.8 Å². The van der Waals surface area contributed by atoms with E-state index >= 15 is 4.39 Å². The first kappa shape index (κ1) is 28.0. The van der Waals surface area contributed by atoms with Gasteiger partial charge in [-0.3, -0.25) is 4.90 Å². The van der Waals surface area contributed by atoms with Crippen molar-refractivity contribution in [3.8, 4) is 41.2 Å². The van der Waals surface area contributed by atoms with Crippen molar-refractivity contribution in [2.75, 3.05) is 31.2 Å². The molecule has 0 amide bonds. The molecule has 3 atom stereocenters. The van der Waals surface area contributed by atoms with E-state index in [1.807, 2.05) is 0 Å². The summed E-state index contributed by atoms with van der Waals surface area (Å²) < 4.78 is 59.2. The lowest BCUT2D eigenvalue weighted by Gasteiger charge is -2.42. The van der Waals surface area contributed by atoms with E-state index in [1.54, 1.807) is 0 Å². The van der Waals surface area contributed by atoms with Crippen LogP contribution in [-0.4, -0.2) is 74.6 Å². The largest absolute Gasteiger partial charge is 0.508 e. The number of hydrogen-bond donors (Lipinski definition) is 1. The first-order chi connectivity index (χ1) is 22.3. The third-order valence-corrected chi connectivity index (χ3v) is 10.9. The molecule has 4 aromatic rings. The summed E-state index contributed by atoms with van der Waals surface area (Å²) in [7, 11) is 0. The van der Waals surface area contributed by atoms with E-state index in [0.29, 0.717) is 36.2 Å². The fourth-order valence-corrected chi connectivity index (χ4v) is 8.69. The summed E-state index contributed by atoms with van der Waals surface area (Å²) in [5.74, 6) is 1.47. The normalized spacial score (nSPS) is 26.1. The maximum absolute atomic E-state index is 17.1. The van der Waals surface area contributed by atoms with Gasteiger partial charge in [0.05, 0.1) is 17.1 Å². The number of fused-ring (bicyclic) bond motifs is 5. The van der Waals surface area contributed by atoms with Gasteiger partial charge >= 0.3 is 6.01 Å². The first-order valence-electron chi connectivity index (χ1n) is 16.1. The van der Waals surface area contributed by atoms with Crippen molar-refractivity contribution in [1.29, 1.82) is 0 Å². The Balaban J connectivity index is 1.26. The van der Waals surface area contributed by atoms with E-state index in [1.165, 1.54) is 24.3 Å². The van der Waals surface area contributed by atoms with E-state index in [-0.39, 0.29) is 63.6 Å². The number of aromatic nitrogens is 3. The number of benzene rings is 2.